The highest BCUT2D eigenvalue weighted by Gasteiger charge is 2.05. The fraction of sp³-hybridized carbons (Fsp3) is 0.0833. The molecule has 0 unspecified atom stereocenters. The second-order valence-electron chi connectivity index (χ2n) is 3.32. The Morgan fingerprint density at radius 1 is 1.27 bits per heavy atom. The van der Waals surface area contributed by atoms with Gasteiger partial charge in [-0.3, -0.25) is 4.79 Å². The lowest BCUT2D eigenvalue weighted by Crippen LogP contribution is -1.77. The van der Waals surface area contributed by atoms with Crippen LogP contribution in [0.1, 0.15) is 16.1 Å². The Balaban J connectivity index is 2.44. The van der Waals surface area contributed by atoms with Crippen molar-refractivity contribution in [2.24, 2.45) is 0 Å². The molecule has 0 atom stereocenters. The van der Waals surface area contributed by atoms with E-state index in [1.54, 1.807) is 24.3 Å². The van der Waals surface area contributed by atoms with Gasteiger partial charge in [0, 0.05) is 5.56 Å². The molecule has 0 spiro atoms. The lowest BCUT2D eigenvalue weighted by atomic mass is 10.1. The number of phenols is 1. The molecule has 0 saturated heterocycles. The Hall–Kier alpha value is -2.03. The van der Waals surface area contributed by atoms with Crippen LogP contribution in [0.4, 0.5) is 0 Å². The van der Waals surface area contributed by atoms with E-state index in [0.717, 1.165) is 11.1 Å². The van der Waals surface area contributed by atoms with Crippen molar-refractivity contribution in [1.29, 1.82) is 0 Å². The predicted octanol–water partition coefficient (Wildman–Crippen LogP) is 2.77. The monoisotopic (exact) mass is 202 g/mol. The molecule has 0 fully saturated rings. The van der Waals surface area contributed by atoms with Gasteiger partial charge in [0.2, 0.25) is 0 Å². The number of aldehydes is 1. The summed E-state index contributed by atoms with van der Waals surface area (Å²) in [5, 5.41) is 9.51. The largest absolute Gasteiger partial charge is 0.508 e. The first-order valence-corrected chi connectivity index (χ1v) is 4.55. The SMILES string of the molecule is Cc1ccc(-c2ccc(C=O)o2)cc1O. The molecule has 1 aromatic heterocycles. The van der Waals surface area contributed by atoms with Gasteiger partial charge in [0.15, 0.2) is 12.0 Å². The average molecular weight is 202 g/mol. The molecular formula is C12H10O3. The van der Waals surface area contributed by atoms with Gasteiger partial charge in [-0.1, -0.05) is 12.1 Å². The van der Waals surface area contributed by atoms with Gasteiger partial charge >= 0.3 is 0 Å². The van der Waals surface area contributed by atoms with Crippen molar-refractivity contribution >= 4 is 6.29 Å². The summed E-state index contributed by atoms with van der Waals surface area (Å²) >= 11 is 0. The van der Waals surface area contributed by atoms with E-state index in [-0.39, 0.29) is 11.5 Å². The highest BCUT2D eigenvalue weighted by Crippen LogP contribution is 2.27. The van der Waals surface area contributed by atoms with E-state index >= 15 is 0 Å². The van der Waals surface area contributed by atoms with E-state index in [2.05, 4.69) is 0 Å². The summed E-state index contributed by atoms with van der Waals surface area (Å²) < 4.78 is 5.23. The Morgan fingerprint density at radius 3 is 2.67 bits per heavy atom. The molecule has 0 saturated carbocycles. The maximum atomic E-state index is 10.4. The van der Waals surface area contributed by atoms with E-state index in [1.165, 1.54) is 0 Å². The Labute approximate surface area is 87.0 Å². The quantitative estimate of drug-likeness (QED) is 0.762. The number of aryl methyl sites for hydroxylation is 1. The summed E-state index contributed by atoms with van der Waals surface area (Å²) in [4.78, 5) is 10.4. The van der Waals surface area contributed by atoms with Crippen molar-refractivity contribution < 1.29 is 14.3 Å². The fourth-order valence-corrected chi connectivity index (χ4v) is 1.33. The molecule has 2 aromatic rings. The molecule has 0 bridgehead atoms. The minimum absolute atomic E-state index is 0.219. The Morgan fingerprint density at radius 2 is 2.07 bits per heavy atom. The van der Waals surface area contributed by atoms with Crippen LogP contribution in [-0.4, -0.2) is 11.4 Å². The maximum Gasteiger partial charge on any atom is 0.185 e. The smallest absolute Gasteiger partial charge is 0.185 e. The molecule has 3 heteroatoms. The maximum absolute atomic E-state index is 10.4. The molecule has 15 heavy (non-hydrogen) atoms. The molecule has 1 N–H and O–H groups in total. The summed E-state index contributed by atoms with van der Waals surface area (Å²) in [5.41, 5.74) is 1.56. The number of hydrogen-bond acceptors (Lipinski definition) is 3. The number of phenolic OH excluding ortho intramolecular Hbond substituents is 1. The highest BCUT2D eigenvalue weighted by molar-refractivity contribution is 5.73. The minimum atomic E-state index is 0.219. The molecule has 0 radical (unpaired) electrons. The third-order valence-corrected chi connectivity index (χ3v) is 2.24. The van der Waals surface area contributed by atoms with E-state index < -0.39 is 0 Å². The summed E-state index contributed by atoms with van der Waals surface area (Å²) in [6.07, 6.45) is 0.650. The second kappa shape index (κ2) is 3.61. The van der Waals surface area contributed by atoms with E-state index in [0.29, 0.717) is 12.0 Å². The zero-order chi connectivity index (χ0) is 10.8. The number of aromatic hydroxyl groups is 1. The normalized spacial score (nSPS) is 10.2. The molecule has 76 valence electrons. The third kappa shape index (κ3) is 1.76. The Bertz CT molecular complexity index is 497. The first-order valence-electron chi connectivity index (χ1n) is 4.55. The lowest BCUT2D eigenvalue weighted by molar-refractivity contribution is 0.110. The van der Waals surface area contributed by atoms with Gasteiger partial charge in [0.25, 0.3) is 0 Å². The molecule has 1 heterocycles. The first kappa shape index (κ1) is 9.52. The predicted molar refractivity (Wildman–Crippen MR) is 55.9 cm³/mol. The van der Waals surface area contributed by atoms with E-state index in [4.69, 9.17) is 4.42 Å². The summed E-state index contributed by atoms with van der Waals surface area (Å²) in [6, 6.07) is 8.55. The number of carbonyl (C=O) groups is 1. The topological polar surface area (TPSA) is 50.4 Å². The van der Waals surface area contributed by atoms with Crippen molar-refractivity contribution in [2.45, 2.75) is 6.92 Å². The summed E-state index contributed by atoms with van der Waals surface area (Å²) in [6.45, 7) is 1.82. The van der Waals surface area contributed by atoms with Crippen LogP contribution in [0.25, 0.3) is 11.3 Å². The standard InChI is InChI=1S/C12H10O3/c1-8-2-3-9(6-11(8)14)12-5-4-10(7-13)15-12/h2-7,14H,1H3. The molecule has 0 aliphatic carbocycles. The van der Waals surface area contributed by atoms with Gasteiger partial charge in [-0.25, -0.2) is 0 Å². The second-order valence-corrected chi connectivity index (χ2v) is 3.32. The molecular weight excluding hydrogens is 192 g/mol. The number of benzene rings is 1. The van der Waals surface area contributed by atoms with Crippen molar-refractivity contribution in [3.05, 3.63) is 41.7 Å². The van der Waals surface area contributed by atoms with Crippen molar-refractivity contribution in [2.75, 3.05) is 0 Å². The van der Waals surface area contributed by atoms with Crippen molar-refractivity contribution in [3.8, 4) is 17.1 Å². The number of hydrogen-bond donors (Lipinski definition) is 1. The lowest BCUT2D eigenvalue weighted by Gasteiger charge is -2.00. The zero-order valence-corrected chi connectivity index (χ0v) is 8.23. The van der Waals surface area contributed by atoms with E-state index in [1.807, 2.05) is 13.0 Å². The minimum Gasteiger partial charge on any atom is -0.508 e. The van der Waals surface area contributed by atoms with Crippen LogP contribution in [0.2, 0.25) is 0 Å². The van der Waals surface area contributed by atoms with Crippen LogP contribution in [0.15, 0.2) is 34.7 Å². The summed E-state index contributed by atoms with van der Waals surface area (Å²) in [5.74, 6) is 1.08. The van der Waals surface area contributed by atoms with Gasteiger partial charge in [-0.05, 0) is 30.7 Å². The fourth-order valence-electron chi connectivity index (χ4n) is 1.33. The number of rotatable bonds is 2. The van der Waals surface area contributed by atoms with Crippen LogP contribution in [0.5, 0.6) is 5.75 Å². The molecule has 2 rings (SSSR count). The van der Waals surface area contributed by atoms with Crippen molar-refractivity contribution in [3.63, 3.8) is 0 Å². The summed E-state index contributed by atoms with van der Waals surface area (Å²) in [7, 11) is 0. The van der Waals surface area contributed by atoms with E-state index in [9.17, 15) is 9.90 Å². The zero-order valence-electron chi connectivity index (χ0n) is 8.23. The van der Waals surface area contributed by atoms with Crippen molar-refractivity contribution in [1.82, 2.24) is 0 Å². The highest BCUT2D eigenvalue weighted by atomic mass is 16.3. The molecule has 0 aliphatic heterocycles. The van der Waals surface area contributed by atoms with Crippen LogP contribution in [-0.2, 0) is 0 Å². The van der Waals surface area contributed by atoms with Crippen LogP contribution >= 0.6 is 0 Å². The first-order chi connectivity index (χ1) is 7.20. The van der Waals surface area contributed by atoms with Crippen LogP contribution < -0.4 is 0 Å². The average Bonchev–Trinajstić information content (AvgIpc) is 2.70. The molecule has 0 aliphatic rings. The van der Waals surface area contributed by atoms with Gasteiger partial charge < -0.3 is 9.52 Å². The van der Waals surface area contributed by atoms with Gasteiger partial charge in [-0.15, -0.1) is 0 Å². The number of carbonyl (C=O) groups excluding carboxylic acids is 1. The molecule has 1 aromatic carbocycles. The van der Waals surface area contributed by atoms with Gasteiger partial charge in [0.05, 0.1) is 0 Å². The molecule has 3 nitrogen and oxygen atoms in total. The van der Waals surface area contributed by atoms with Crippen LogP contribution in [0, 0.1) is 6.92 Å². The van der Waals surface area contributed by atoms with Gasteiger partial charge in [0.1, 0.15) is 11.5 Å². The molecule has 0 amide bonds. The Kier molecular flexibility index (Phi) is 2.29. The number of furan rings is 1. The van der Waals surface area contributed by atoms with Crippen LogP contribution in [0.3, 0.4) is 0 Å². The third-order valence-electron chi connectivity index (χ3n) is 2.24. The van der Waals surface area contributed by atoms with Gasteiger partial charge in [-0.2, -0.15) is 0 Å².